The molecular weight excluding hydrogens is 331 g/mol. The van der Waals surface area contributed by atoms with Crippen molar-refractivity contribution in [1.29, 1.82) is 0 Å². The zero-order valence-electron chi connectivity index (χ0n) is 14.9. The number of likely N-dealkylation sites (tertiary alicyclic amines) is 1. The smallest absolute Gasteiger partial charge is 0.255 e. The van der Waals surface area contributed by atoms with E-state index in [-0.39, 0.29) is 5.91 Å². The van der Waals surface area contributed by atoms with Gasteiger partial charge >= 0.3 is 0 Å². The van der Waals surface area contributed by atoms with Crippen LogP contribution in [0.15, 0.2) is 42.9 Å². The van der Waals surface area contributed by atoms with Crippen LogP contribution in [0.2, 0.25) is 0 Å². The van der Waals surface area contributed by atoms with Gasteiger partial charge in [-0.05, 0) is 51.0 Å². The van der Waals surface area contributed by atoms with Gasteiger partial charge in [-0.3, -0.25) is 14.3 Å². The van der Waals surface area contributed by atoms with E-state index >= 15 is 0 Å². The van der Waals surface area contributed by atoms with Gasteiger partial charge in [-0.15, -0.1) is 0 Å². The van der Waals surface area contributed by atoms with Crippen LogP contribution in [0.1, 0.15) is 35.8 Å². The lowest BCUT2D eigenvalue weighted by atomic mass is 9.95. The first kappa shape index (κ1) is 16.7. The Morgan fingerprint density at radius 1 is 1.15 bits per heavy atom. The molecule has 1 saturated heterocycles. The number of carbonyl (C=O) groups is 1. The molecule has 5 nitrogen and oxygen atoms in total. The summed E-state index contributed by atoms with van der Waals surface area (Å²) < 4.78 is 15.9. The molecule has 0 bridgehead atoms. The van der Waals surface area contributed by atoms with Gasteiger partial charge in [0.2, 0.25) is 0 Å². The highest BCUT2D eigenvalue weighted by Crippen LogP contribution is 2.27. The molecule has 0 N–H and O–H groups in total. The van der Waals surface area contributed by atoms with Crippen molar-refractivity contribution < 1.29 is 9.18 Å². The molecule has 1 aliphatic rings. The summed E-state index contributed by atoms with van der Waals surface area (Å²) in [5.41, 5.74) is 2.03. The number of alkyl halides is 1. The average Bonchev–Trinajstić information content (AvgIpc) is 3.05. The highest BCUT2D eigenvalue weighted by Gasteiger charge is 2.31. The summed E-state index contributed by atoms with van der Waals surface area (Å²) in [6.45, 7) is 4.44. The third-order valence-corrected chi connectivity index (χ3v) is 5.04. The summed E-state index contributed by atoms with van der Waals surface area (Å²) in [6.07, 6.45) is 6.09. The van der Waals surface area contributed by atoms with Gasteiger partial charge < -0.3 is 4.90 Å². The van der Waals surface area contributed by atoms with E-state index in [1.54, 1.807) is 24.2 Å². The maximum absolute atomic E-state index is 13.9. The Kier molecular flexibility index (Phi) is 3.98. The van der Waals surface area contributed by atoms with Crippen LogP contribution in [0, 0.1) is 6.92 Å². The molecule has 0 spiro atoms. The van der Waals surface area contributed by atoms with Gasteiger partial charge in [0.1, 0.15) is 11.3 Å². The van der Waals surface area contributed by atoms with E-state index in [2.05, 4.69) is 9.97 Å². The number of amides is 1. The van der Waals surface area contributed by atoms with Crippen molar-refractivity contribution in [3.05, 3.63) is 54.1 Å². The maximum atomic E-state index is 13.9. The van der Waals surface area contributed by atoms with Crippen molar-refractivity contribution in [2.75, 3.05) is 13.1 Å². The van der Waals surface area contributed by atoms with E-state index in [4.69, 9.17) is 0 Å². The number of carbonyl (C=O) groups excluding carboxylic acids is 1. The molecule has 0 aliphatic carbocycles. The first-order chi connectivity index (χ1) is 12.4. The van der Waals surface area contributed by atoms with Crippen LogP contribution in [0.4, 0.5) is 4.39 Å². The van der Waals surface area contributed by atoms with Crippen LogP contribution in [0.3, 0.4) is 0 Å². The summed E-state index contributed by atoms with van der Waals surface area (Å²) in [4.78, 5) is 23.2. The first-order valence-corrected chi connectivity index (χ1v) is 8.81. The van der Waals surface area contributed by atoms with Gasteiger partial charge in [0, 0.05) is 36.6 Å². The number of aryl methyl sites for hydroxylation is 1. The van der Waals surface area contributed by atoms with Gasteiger partial charge in [0.15, 0.2) is 0 Å². The van der Waals surface area contributed by atoms with Crippen LogP contribution in [0.25, 0.3) is 16.7 Å². The number of halogens is 1. The molecular formula is C20H21FN4O. The molecule has 4 rings (SSSR count). The Bertz CT molecular complexity index is 952. The number of fused-ring (bicyclic) bond motifs is 1. The second kappa shape index (κ2) is 6.20. The number of pyridine rings is 2. The topological polar surface area (TPSA) is 51.0 Å². The SMILES string of the molecule is Cc1ccc(-n2ccc3cc(C(=O)N4CCC(C)(F)CC4)cnc32)cn1. The Morgan fingerprint density at radius 2 is 1.92 bits per heavy atom. The molecule has 134 valence electrons. The van der Waals surface area contributed by atoms with E-state index in [1.807, 2.05) is 42.0 Å². The fourth-order valence-electron chi connectivity index (χ4n) is 3.31. The normalized spacial score (nSPS) is 16.8. The molecule has 26 heavy (non-hydrogen) atoms. The maximum Gasteiger partial charge on any atom is 0.255 e. The van der Waals surface area contributed by atoms with Gasteiger partial charge in [0.25, 0.3) is 5.91 Å². The fourth-order valence-corrected chi connectivity index (χ4v) is 3.31. The summed E-state index contributed by atoms with van der Waals surface area (Å²) in [5.74, 6) is -0.0837. The number of hydrogen-bond acceptors (Lipinski definition) is 3. The summed E-state index contributed by atoms with van der Waals surface area (Å²) in [5, 5.41) is 0.892. The molecule has 6 heteroatoms. The molecule has 0 unspecified atom stereocenters. The Morgan fingerprint density at radius 3 is 2.62 bits per heavy atom. The average molecular weight is 352 g/mol. The van der Waals surface area contributed by atoms with E-state index in [0.717, 1.165) is 22.4 Å². The summed E-state index contributed by atoms with van der Waals surface area (Å²) in [7, 11) is 0. The van der Waals surface area contributed by atoms with Crippen LogP contribution in [0.5, 0.6) is 0 Å². The number of piperidine rings is 1. The summed E-state index contributed by atoms with van der Waals surface area (Å²) >= 11 is 0. The minimum atomic E-state index is -1.17. The molecule has 1 aliphatic heterocycles. The van der Waals surface area contributed by atoms with Gasteiger partial charge in [-0.25, -0.2) is 9.37 Å². The van der Waals surface area contributed by atoms with E-state index in [0.29, 0.717) is 31.5 Å². The van der Waals surface area contributed by atoms with Crippen LogP contribution in [-0.2, 0) is 0 Å². The predicted octanol–water partition coefficient (Wildman–Crippen LogP) is 3.69. The van der Waals surface area contributed by atoms with Gasteiger partial charge in [-0.1, -0.05) is 0 Å². The second-order valence-electron chi connectivity index (χ2n) is 7.19. The lowest BCUT2D eigenvalue weighted by Crippen LogP contribution is -2.43. The van der Waals surface area contributed by atoms with Crippen molar-refractivity contribution >= 4 is 16.9 Å². The Labute approximate surface area is 151 Å². The van der Waals surface area contributed by atoms with E-state index in [1.165, 1.54) is 0 Å². The molecule has 3 aromatic rings. The largest absolute Gasteiger partial charge is 0.338 e. The Balaban J connectivity index is 1.61. The van der Waals surface area contributed by atoms with Crippen molar-refractivity contribution in [2.45, 2.75) is 32.4 Å². The van der Waals surface area contributed by atoms with Crippen molar-refractivity contribution in [1.82, 2.24) is 19.4 Å². The highest BCUT2D eigenvalue weighted by molar-refractivity contribution is 5.97. The second-order valence-corrected chi connectivity index (χ2v) is 7.19. The quantitative estimate of drug-likeness (QED) is 0.707. The number of hydrogen-bond donors (Lipinski definition) is 0. The standard InChI is InChI=1S/C20H21FN4O/c1-14-3-4-17(13-22-14)25-8-5-15-11-16(12-23-18(15)25)19(26)24-9-6-20(2,21)7-10-24/h3-5,8,11-13H,6-7,9-10H2,1-2H3. The summed E-state index contributed by atoms with van der Waals surface area (Å²) in [6, 6.07) is 7.73. The van der Waals surface area contributed by atoms with Crippen LogP contribution < -0.4 is 0 Å². The fraction of sp³-hybridized carbons (Fsp3) is 0.350. The lowest BCUT2D eigenvalue weighted by Gasteiger charge is -2.34. The van der Waals surface area contributed by atoms with E-state index < -0.39 is 5.67 Å². The minimum absolute atomic E-state index is 0.0837. The molecule has 3 aromatic heterocycles. The molecule has 1 fully saturated rings. The van der Waals surface area contributed by atoms with Crippen molar-refractivity contribution in [3.63, 3.8) is 0 Å². The predicted molar refractivity (Wildman–Crippen MR) is 98.3 cm³/mol. The number of nitrogens with zero attached hydrogens (tertiary/aromatic N) is 4. The molecule has 0 saturated carbocycles. The molecule has 1 amide bonds. The van der Waals surface area contributed by atoms with Gasteiger partial charge in [0.05, 0.1) is 17.4 Å². The van der Waals surface area contributed by atoms with Crippen LogP contribution in [-0.4, -0.2) is 44.1 Å². The monoisotopic (exact) mass is 352 g/mol. The van der Waals surface area contributed by atoms with E-state index in [9.17, 15) is 9.18 Å². The zero-order chi connectivity index (χ0) is 18.3. The number of aromatic nitrogens is 3. The van der Waals surface area contributed by atoms with Crippen molar-refractivity contribution in [2.24, 2.45) is 0 Å². The molecule has 0 aromatic carbocycles. The first-order valence-electron chi connectivity index (χ1n) is 8.81. The van der Waals surface area contributed by atoms with Crippen molar-refractivity contribution in [3.8, 4) is 5.69 Å². The highest BCUT2D eigenvalue weighted by atomic mass is 19.1. The van der Waals surface area contributed by atoms with Crippen LogP contribution >= 0.6 is 0 Å². The van der Waals surface area contributed by atoms with Gasteiger partial charge in [-0.2, -0.15) is 0 Å². The Hall–Kier alpha value is -2.76. The molecule has 0 radical (unpaired) electrons. The number of rotatable bonds is 2. The minimum Gasteiger partial charge on any atom is -0.338 e. The lowest BCUT2D eigenvalue weighted by molar-refractivity contribution is 0.0504. The zero-order valence-corrected chi connectivity index (χ0v) is 14.9. The third-order valence-electron chi connectivity index (χ3n) is 5.04. The third kappa shape index (κ3) is 3.07. The molecule has 4 heterocycles. The molecule has 0 atom stereocenters.